The molecule has 0 aliphatic rings. The molecular formula is C13H12N6S. The van der Waals surface area contributed by atoms with E-state index in [-0.39, 0.29) is 0 Å². The summed E-state index contributed by atoms with van der Waals surface area (Å²) in [6.07, 6.45) is 10.0. The summed E-state index contributed by atoms with van der Waals surface area (Å²) in [5.74, 6) is 0. The van der Waals surface area contributed by atoms with Crippen molar-refractivity contribution in [2.45, 2.75) is 0 Å². The zero-order valence-electron chi connectivity index (χ0n) is 10.5. The molecule has 100 valence electrons. The van der Waals surface area contributed by atoms with Gasteiger partial charge in [-0.15, -0.1) is 0 Å². The number of pyridine rings is 2. The number of aromatic nitrogens is 2. The predicted octanol–water partition coefficient (Wildman–Crippen LogP) is 1.31. The largest absolute Gasteiger partial charge is 0.265 e. The van der Waals surface area contributed by atoms with Crippen molar-refractivity contribution in [2.24, 2.45) is 10.2 Å². The van der Waals surface area contributed by atoms with Crippen molar-refractivity contribution < 1.29 is 0 Å². The Kier molecular flexibility index (Phi) is 5.29. The molecule has 20 heavy (non-hydrogen) atoms. The van der Waals surface area contributed by atoms with Crippen molar-refractivity contribution in [3.63, 3.8) is 0 Å². The van der Waals surface area contributed by atoms with Crippen molar-refractivity contribution >= 4 is 29.8 Å². The molecule has 0 saturated carbocycles. The maximum absolute atomic E-state index is 5.01. The summed E-state index contributed by atoms with van der Waals surface area (Å²) < 4.78 is 0. The predicted molar refractivity (Wildman–Crippen MR) is 82.5 cm³/mol. The van der Waals surface area contributed by atoms with Gasteiger partial charge in [0.05, 0.1) is 12.4 Å². The van der Waals surface area contributed by atoms with E-state index in [4.69, 9.17) is 12.2 Å². The van der Waals surface area contributed by atoms with E-state index in [1.165, 1.54) is 0 Å². The van der Waals surface area contributed by atoms with Crippen LogP contribution >= 0.6 is 12.2 Å². The Morgan fingerprint density at radius 2 is 1.25 bits per heavy atom. The quantitative estimate of drug-likeness (QED) is 0.503. The Morgan fingerprint density at radius 1 is 0.850 bits per heavy atom. The first-order chi connectivity index (χ1) is 9.84. The smallest absolute Gasteiger partial charge is 0.207 e. The molecule has 0 spiro atoms. The highest BCUT2D eigenvalue weighted by Gasteiger charge is 1.90. The van der Waals surface area contributed by atoms with Crippen LogP contribution in [-0.2, 0) is 0 Å². The minimum Gasteiger partial charge on any atom is -0.265 e. The van der Waals surface area contributed by atoms with E-state index in [0.717, 1.165) is 11.1 Å². The van der Waals surface area contributed by atoms with E-state index in [0.29, 0.717) is 5.11 Å². The Morgan fingerprint density at radius 3 is 1.65 bits per heavy atom. The first kappa shape index (κ1) is 13.8. The highest BCUT2D eigenvalue weighted by atomic mass is 32.1. The number of nitrogens with one attached hydrogen (secondary N) is 2. The molecule has 2 aromatic rings. The van der Waals surface area contributed by atoms with Gasteiger partial charge in [0.15, 0.2) is 0 Å². The summed E-state index contributed by atoms with van der Waals surface area (Å²) in [6, 6.07) is 7.35. The third-order valence-corrected chi connectivity index (χ3v) is 2.35. The molecule has 2 aromatic heterocycles. The van der Waals surface area contributed by atoms with Crippen LogP contribution in [0.25, 0.3) is 0 Å². The minimum atomic E-state index is 0.306. The second kappa shape index (κ2) is 7.70. The lowest BCUT2D eigenvalue weighted by Gasteiger charge is -2.00. The summed E-state index contributed by atoms with van der Waals surface area (Å²) in [4.78, 5) is 7.83. The lowest BCUT2D eigenvalue weighted by Crippen LogP contribution is -2.28. The van der Waals surface area contributed by atoms with Crippen LogP contribution in [-0.4, -0.2) is 27.5 Å². The molecule has 2 N–H and O–H groups in total. The standard InChI is InChI=1S/C13H12N6S/c20-13(18-16-9-11-1-5-14-6-2-11)19-17-10-12-3-7-15-8-4-12/h1-10H,(H2,18,19,20)/b16-9+,17-10?. The lowest BCUT2D eigenvalue weighted by atomic mass is 10.3. The fraction of sp³-hybridized carbons (Fsp3) is 0. The Bertz CT molecular complexity index is 543. The van der Waals surface area contributed by atoms with Crippen LogP contribution in [0.1, 0.15) is 11.1 Å². The summed E-state index contributed by atoms with van der Waals surface area (Å²) in [5, 5.41) is 8.26. The fourth-order valence-corrected chi connectivity index (χ4v) is 1.36. The van der Waals surface area contributed by atoms with Crippen LogP contribution in [0.3, 0.4) is 0 Å². The van der Waals surface area contributed by atoms with Gasteiger partial charge >= 0.3 is 0 Å². The van der Waals surface area contributed by atoms with Crippen LogP contribution in [0.2, 0.25) is 0 Å². The van der Waals surface area contributed by atoms with Gasteiger partial charge in [0.2, 0.25) is 5.11 Å². The molecular weight excluding hydrogens is 272 g/mol. The van der Waals surface area contributed by atoms with Gasteiger partial charge in [-0.05, 0) is 47.6 Å². The maximum atomic E-state index is 5.01. The fourth-order valence-electron chi connectivity index (χ4n) is 1.25. The molecule has 0 aromatic carbocycles. The van der Waals surface area contributed by atoms with E-state index in [2.05, 4.69) is 31.0 Å². The molecule has 0 atom stereocenters. The van der Waals surface area contributed by atoms with Crippen LogP contribution in [0.5, 0.6) is 0 Å². The van der Waals surface area contributed by atoms with Gasteiger partial charge in [-0.2, -0.15) is 10.2 Å². The topological polar surface area (TPSA) is 74.6 Å². The van der Waals surface area contributed by atoms with Crippen molar-refractivity contribution in [3.05, 3.63) is 60.2 Å². The Balaban J connectivity index is 1.76. The number of hydrazone groups is 2. The lowest BCUT2D eigenvalue weighted by molar-refractivity contribution is 0.934. The SMILES string of the molecule is S=C(NN=Cc1ccncc1)N/N=C/c1ccncc1. The van der Waals surface area contributed by atoms with Crippen molar-refractivity contribution in [1.29, 1.82) is 0 Å². The normalized spacial score (nSPS) is 10.8. The molecule has 2 heterocycles. The Hall–Kier alpha value is -2.67. The monoisotopic (exact) mass is 284 g/mol. The zero-order chi connectivity index (χ0) is 14.0. The van der Waals surface area contributed by atoms with Crippen LogP contribution in [0, 0.1) is 0 Å². The first-order valence-electron chi connectivity index (χ1n) is 5.77. The third kappa shape index (κ3) is 4.91. The summed E-state index contributed by atoms with van der Waals surface area (Å²) in [5.41, 5.74) is 7.17. The van der Waals surface area contributed by atoms with Crippen molar-refractivity contribution in [2.75, 3.05) is 0 Å². The second-order valence-corrected chi connectivity index (χ2v) is 4.04. The molecule has 0 saturated heterocycles. The van der Waals surface area contributed by atoms with Crippen LogP contribution < -0.4 is 10.9 Å². The molecule has 0 aliphatic carbocycles. The molecule has 0 fully saturated rings. The third-order valence-electron chi connectivity index (χ3n) is 2.17. The van der Waals surface area contributed by atoms with Crippen molar-refractivity contribution in [1.82, 2.24) is 20.8 Å². The van der Waals surface area contributed by atoms with E-state index in [1.807, 2.05) is 24.3 Å². The van der Waals surface area contributed by atoms with Gasteiger partial charge in [-0.25, -0.2) is 0 Å². The second-order valence-electron chi connectivity index (χ2n) is 3.63. The van der Waals surface area contributed by atoms with E-state index in [1.54, 1.807) is 37.2 Å². The molecule has 0 amide bonds. The number of hydrogen-bond acceptors (Lipinski definition) is 5. The maximum Gasteiger partial charge on any atom is 0.207 e. The number of nitrogens with zero attached hydrogens (tertiary/aromatic N) is 4. The van der Waals surface area contributed by atoms with Crippen LogP contribution in [0.15, 0.2) is 59.3 Å². The highest BCUT2D eigenvalue weighted by molar-refractivity contribution is 7.80. The summed E-state index contributed by atoms with van der Waals surface area (Å²) in [7, 11) is 0. The van der Waals surface area contributed by atoms with E-state index in [9.17, 15) is 0 Å². The van der Waals surface area contributed by atoms with Gasteiger partial charge in [0.25, 0.3) is 0 Å². The molecule has 0 unspecified atom stereocenters. The van der Waals surface area contributed by atoms with Gasteiger partial charge in [0, 0.05) is 24.8 Å². The average molecular weight is 284 g/mol. The van der Waals surface area contributed by atoms with E-state index >= 15 is 0 Å². The molecule has 0 radical (unpaired) electrons. The zero-order valence-corrected chi connectivity index (χ0v) is 11.3. The first-order valence-corrected chi connectivity index (χ1v) is 6.17. The molecule has 2 rings (SSSR count). The van der Waals surface area contributed by atoms with Gasteiger partial charge in [-0.3, -0.25) is 20.8 Å². The number of thiocarbonyl (C=S) groups is 1. The average Bonchev–Trinajstić information content (AvgIpc) is 2.49. The van der Waals surface area contributed by atoms with Gasteiger partial charge in [-0.1, -0.05) is 0 Å². The summed E-state index contributed by atoms with van der Waals surface area (Å²) in [6.45, 7) is 0. The Labute approximate surface area is 121 Å². The molecule has 0 bridgehead atoms. The van der Waals surface area contributed by atoms with Gasteiger partial charge in [0.1, 0.15) is 0 Å². The molecule has 6 nitrogen and oxygen atoms in total. The van der Waals surface area contributed by atoms with E-state index < -0.39 is 0 Å². The number of hydrogen-bond donors (Lipinski definition) is 2. The van der Waals surface area contributed by atoms with Gasteiger partial charge < -0.3 is 0 Å². The van der Waals surface area contributed by atoms with Crippen molar-refractivity contribution in [3.8, 4) is 0 Å². The minimum absolute atomic E-state index is 0.306. The summed E-state index contributed by atoms with van der Waals surface area (Å²) >= 11 is 5.01. The molecule has 7 heteroatoms. The molecule has 0 aliphatic heterocycles. The van der Waals surface area contributed by atoms with Crippen LogP contribution in [0.4, 0.5) is 0 Å². The highest BCUT2D eigenvalue weighted by Crippen LogP contribution is 1.91. The number of rotatable bonds is 4.